The van der Waals surface area contributed by atoms with Gasteiger partial charge < -0.3 is 5.21 Å². The van der Waals surface area contributed by atoms with Gasteiger partial charge in [-0.3, -0.25) is 8.32 Å². The Morgan fingerprint density at radius 1 is 1.00 bits per heavy atom. The minimum absolute atomic E-state index is 0.0623. The lowest BCUT2D eigenvalue weighted by Crippen LogP contribution is -2.55. The van der Waals surface area contributed by atoms with Gasteiger partial charge in [-0.05, 0) is 25.7 Å². The van der Waals surface area contributed by atoms with Crippen LogP contribution in [0.2, 0.25) is 0 Å². The standard InChI is InChI=1S/C15H27IN2O2/c16-17-13-9-7-8-12(13)14(19)15(18-20)10-5-3-1-2-4-6-11-15/h12-13,17-18,20H,1-11H2/t12-,13+/m0/s1. The van der Waals surface area contributed by atoms with Crippen LogP contribution >= 0.6 is 22.9 Å². The van der Waals surface area contributed by atoms with Crippen molar-refractivity contribution in [2.75, 3.05) is 0 Å². The van der Waals surface area contributed by atoms with Crippen LogP contribution < -0.4 is 9.01 Å². The molecule has 0 saturated heterocycles. The minimum atomic E-state index is -0.689. The van der Waals surface area contributed by atoms with Crippen LogP contribution in [0.5, 0.6) is 0 Å². The number of hydrogen-bond acceptors (Lipinski definition) is 4. The summed E-state index contributed by atoms with van der Waals surface area (Å²) in [4.78, 5) is 13.0. The molecule has 0 spiro atoms. The first-order valence-corrected chi connectivity index (χ1v) is 9.13. The Kier molecular flexibility index (Phi) is 6.71. The fraction of sp³-hybridized carbons (Fsp3) is 0.933. The van der Waals surface area contributed by atoms with Gasteiger partial charge in [0.15, 0.2) is 5.78 Å². The molecule has 0 radical (unpaired) electrons. The summed E-state index contributed by atoms with van der Waals surface area (Å²) in [5.74, 6) is 0.306. The highest BCUT2D eigenvalue weighted by atomic mass is 127. The summed E-state index contributed by atoms with van der Waals surface area (Å²) < 4.78 is 3.26. The van der Waals surface area contributed by atoms with E-state index < -0.39 is 5.54 Å². The molecule has 5 heteroatoms. The van der Waals surface area contributed by atoms with Crippen LogP contribution in [0.4, 0.5) is 0 Å². The zero-order chi connectivity index (χ0) is 14.4. The van der Waals surface area contributed by atoms with Crippen LogP contribution in [0.1, 0.15) is 70.6 Å². The number of hydrogen-bond donors (Lipinski definition) is 3. The van der Waals surface area contributed by atoms with Crippen LogP contribution in [-0.2, 0) is 4.79 Å². The summed E-state index contributed by atoms with van der Waals surface area (Å²) in [6.07, 6.45) is 11.7. The van der Waals surface area contributed by atoms with Crippen molar-refractivity contribution in [1.82, 2.24) is 9.01 Å². The summed E-state index contributed by atoms with van der Waals surface area (Å²) in [7, 11) is 0. The highest BCUT2D eigenvalue weighted by molar-refractivity contribution is 14.1. The van der Waals surface area contributed by atoms with E-state index in [-0.39, 0.29) is 17.7 Å². The van der Waals surface area contributed by atoms with E-state index >= 15 is 0 Å². The molecule has 0 amide bonds. The summed E-state index contributed by atoms with van der Waals surface area (Å²) in [5.41, 5.74) is 1.77. The lowest BCUT2D eigenvalue weighted by Gasteiger charge is -2.34. The maximum Gasteiger partial charge on any atom is 0.159 e. The van der Waals surface area contributed by atoms with E-state index in [0.717, 1.165) is 44.9 Å². The first-order valence-electron chi connectivity index (χ1n) is 8.05. The molecule has 0 aromatic heterocycles. The quantitative estimate of drug-likeness (QED) is 0.388. The lowest BCUT2D eigenvalue weighted by atomic mass is 9.77. The second-order valence-electron chi connectivity index (χ2n) is 6.43. The summed E-state index contributed by atoms with van der Waals surface area (Å²) >= 11 is 2.16. The molecule has 0 aromatic carbocycles. The van der Waals surface area contributed by atoms with Crippen molar-refractivity contribution in [1.29, 1.82) is 0 Å². The number of hydroxylamine groups is 1. The van der Waals surface area contributed by atoms with Crippen molar-refractivity contribution >= 4 is 28.6 Å². The zero-order valence-corrected chi connectivity index (χ0v) is 14.3. The normalized spacial score (nSPS) is 31.3. The third-order valence-electron chi connectivity index (χ3n) is 5.14. The van der Waals surface area contributed by atoms with E-state index in [1.54, 1.807) is 0 Å². The second kappa shape index (κ2) is 8.06. The Hall–Kier alpha value is 0.280. The molecule has 3 N–H and O–H groups in total. The molecule has 2 aliphatic carbocycles. The molecule has 2 rings (SSSR count). The maximum atomic E-state index is 13.0. The van der Waals surface area contributed by atoms with E-state index in [1.807, 2.05) is 0 Å². The molecule has 2 atom stereocenters. The molecule has 4 nitrogen and oxygen atoms in total. The first-order chi connectivity index (χ1) is 9.73. The molecule has 20 heavy (non-hydrogen) atoms. The van der Waals surface area contributed by atoms with Gasteiger partial charge in [0, 0.05) is 34.8 Å². The maximum absolute atomic E-state index is 13.0. The molecule has 0 heterocycles. The predicted octanol–water partition coefficient (Wildman–Crippen LogP) is 3.52. The highest BCUT2D eigenvalue weighted by Gasteiger charge is 2.44. The molecule has 0 bridgehead atoms. The summed E-state index contributed by atoms with van der Waals surface area (Å²) in [5, 5.41) is 9.75. The average Bonchev–Trinajstić information content (AvgIpc) is 2.98. The molecule has 0 aromatic rings. The number of nitrogens with one attached hydrogen (secondary N) is 2. The fourth-order valence-corrected chi connectivity index (χ4v) is 4.60. The Labute approximate surface area is 135 Å². The van der Waals surface area contributed by atoms with Crippen molar-refractivity contribution < 1.29 is 10.0 Å². The number of Topliss-reactive ketones (excluding diaryl/α,β-unsaturated/α-hetero) is 1. The van der Waals surface area contributed by atoms with Gasteiger partial charge >= 0.3 is 0 Å². The van der Waals surface area contributed by atoms with Gasteiger partial charge in [-0.2, -0.15) is 5.48 Å². The van der Waals surface area contributed by atoms with Gasteiger partial charge in [0.05, 0.1) is 0 Å². The third-order valence-corrected chi connectivity index (χ3v) is 5.94. The monoisotopic (exact) mass is 394 g/mol. The van der Waals surface area contributed by atoms with E-state index in [2.05, 4.69) is 31.9 Å². The van der Waals surface area contributed by atoms with Gasteiger partial charge in [-0.25, -0.2) is 0 Å². The summed E-state index contributed by atoms with van der Waals surface area (Å²) in [6, 6.07) is 0.279. The van der Waals surface area contributed by atoms with Crippen molar-refractivity contribution in [3.63, 3.8) is 0 Å². The highest BCUT2D eigenvalue weighted by Crippen LogP contribution is 2.35. The molecule has 0 unspecified atom stereocenters. The van der Waals surface area contributed by atoms with E-state index in [1.165, 1.54) is 25.7 Å². The number of carbonyl (C=O) groups excluding carboxylic acids is 1. The fourth-order valence-electron chi connectivity index (χ4n) is 3.86. The Morgan fingerprint density at radius 2 is 1.60 bits per heavy atom. The molecule has 2 saturated carbocycles. The molecule has 0 aliphatic heterocycles. The first kappa shape index (κ1) is 16.6. The van der Waals surface area contributed by atoms with Crippen LogP contribution in [0.3, 0.4) is 0 Å². The Balaban J connectivity index is 2.11. The smallest absolute Gasteiger partial charge is 0.159 e. The van der Waals surface area contributed by atoms with Gasteiger partial charge in [0.1, 0.15) is 5.54 Å². The molecular weight excluding hydrogens is 367 g/mol. The average molecular weight is 394 g/mol. The van der Waals surface area contributed by atoms with Gasteiger partial charge in [0.2, 0.25) is 0 Å². The van der Waals surface area contributed by atoms with Gasteiger partial charge in [0.25, 0.3) is 0 Å². The van der Waals surface area contributed by atoms with Crippen LogP contribution in [0, 0.1) is 5.92 Å². The largest absolute Gasteiger partial charge is 0.316 e. The number of ketones is 1. The van der Waals surface area contributed by atoms with E-state index in [0.29, 0.717) is 0 Å². The van der Waals surface area contributed by atoms with Crippen LogP contribution in [0.15, 0.2) is 0 Å². The number of halogens is 1. The Morgan fingerprint density at radius 3 is 2.15 bits per heavy atom. The Bertz CT molecular complexity index is 315. The zero-order valence-electron chi connectivity index (χ0n) is 12.2. The van der Waals surface area contributed by atoms with Crippen molar-refractivity contribution in [3.8, 4) is 0 Å². The van der Waals surface area contributed by atoms with Crippen LogP contribution in [-0.4, -0.2) is 22.6 Å². The van der Waals surface area contributed by atoms with E-state index in [4.69, 9.17) is 0 Å². The topological polar surface area (TPSA) is 61.4 Å². The van der Waals surface area contributed by atoms with E-state index in [9.17, 15) is 10.0 Å². The van der Waals surface area contributed by atoms with Crippen LogP contribution in [0.25, 0.3) is 0 Å². The SMILES string of the molecule is O=C([C@H]1CCC[C@H]1NI)C1(NO)CCCCCCCC1. The third kappa shape index (κ3) is 3.72. The van der Waals surface area contributed by atoms with Crippen molar-refractivity contribution in [2.45, 2.75) is 82.2 Å². The molecular formula is C15H27IN2O2. The number of rotatable bonds is 4. The lowest BCUT2D eigenvalue weighted by molar-refractivity contribution is -0.135. The predicted molar refractivity (Wildman–Crippen MR) is 87.9 cm³/mol. The van der Waals surface area contributed by atoms with Gasteiger partial charge in [-0.1, -0.05) is 44.9 Å². The van der Waals surface area contributed by atoms with Gasteiger partial charge in [-0.15, -0.1) is 0 Å². The molecule has 116 valence electrons. The van der Waals surface area contributed by atoms with Crippen molar-refractivity contribution in [2.24, 2.45) is 5.92 Å². The second-order valence-corrected chi connectivity index (χ2v) is 7.06. The summed E-state index contributed by atoms with van der Waals surface area (Å²) in [6.45, 7) is 0. The number of carbonyl (C=O) groups is 1. The van der Waals surface area contributed by atoms with Crippen molar-refractivity contribution in [3.05, 3.63) is 0 Å². The molecule has 2 aliphatic rings. The minimum Gasteiger partial charge on any atom is -0.316 e. The molecule has 2 fully saturated rings.